The van der Waals surface area contributed by atoms with Gasteiger partial charge in [-0.05, 0) is 71.0 Å². The first-order valence-corrected chi connectivity index (χ1v) is 9.61. The van der Waals surface area contributed by atoms with Crippen LogP contribution in [0.2, 0.25) is 5.02 Å². The molecular formula is C22H23ClN2O4. The Labute approximate surface area is 173 Å². The molecule has 2 aromatic carbocycles. The Morgan fingerprint density at radius 2 is 1.83 bits per heavy atom. The molecule has 0 bridgehead atoms. The van der Waals surface area contributed by atoms with Gasteiger partial charge in [-0.25, -0.2) is 9.78 Å². The number of fused-ring (bicyclic) bond motifs is 1. The lowest BCUT2D eigenvalue weighted by atomic mass is 10.1. The molecule has 29 heavy (non-hydrogen) atoms. The summed E-state index contributed by atoms with van der Waals surface area (Å²) >= 11 is 6.40. The molecule has 6 nitrogen and oxygen atoms in total. The Kier molecular flexibility index (Phi) is 5.66. The molecule has 0 aliphatic heterocycles. The van der Waals surface area contributed by atoms with Crippen molar-refractivity contribution in [1.29, 1.82) is 0 Å². The van der Waals surface area contributed by atoms with Gasteiger partial charge in [0.15, 0.2) is 0 Å². The number of esters is 1. The fourth-order valence-corrected chi connectivity index (χ4v) is 3.19. The molecule has 0 aliphatic rings. The molecule has 0 spiro atoms. The number of hydrogen-bond acceptors (Lipinski definition) is 5. The van der Waals surface area contributed by atoms with Crippen LogP contribution < -0.4 is 10.3 Å². The van der Waals surface area contributed by atoms with Crippen LogP contribution in [-0.4, -0.2) is 21.5 Å². The second-order valence-electron chi connectivity index (χ2n) is 7.83. The Hall–Kier alpha value is -2.86. The molecule has 0 radical (unpaired) electrons. The number of carbonyl (C=O) groups is 1. The minimum atomic E-state index is -0.557. The lowest BCUT2D eigenvalue weighted by molar-refractivity contribution is 0.00695. The molecule has 3 aromatic rings. The summed E-state index contributed by atoms with van der Waals surface area (Å²) < 4.78 is 11.3. The van der Waals surface area contributed by atoms with Gasteiger partial charge in [-0.3, -0.25) is 4.79 Å². The minimum absolute atomic E-state index is 0.223. The van der Waals surface area contributed by atoms with E-state index in [1.54, 1.807) is 43.3 Å². The van der Waals surface area contributed by atoms with Crippen molar-refractivity contribution in [2.45, 2.75) is 46.3 Å². The van der Waals surface area contributed by atoms with Crippen LogP contribution in [0.3, 0.4) is 0 Å². The molecule has 3 rings (SSSR count). The van der Waals surface area contributed by atoms with Gasteiger partial charge in [0.1, 0.15) is 23.3 Å². The molecule has 1 aromatic heterocycles. The van der Waals surface area contributed by atoms with Gasteiger partial charge in [0.25, 0.3) is 5.56 Å². The molecule has 0 aliphatic carbocycles. The van der Waals surface area contributed by atoms with Gasteiger partial charge < -0.3 is 14.5 Å². The van der Waals surface area contributed by atoms with Gasteiger partial charge in [0, 0.05) is 10.6 Å². The fourth-order valence-electron chi connectivity index (χ4n) is 2.88. The van der Waals surface area contributed by atoms with Gasteiger partial charge >= 0.3 is 5.97 Å². The molecule has 0 saturated heterocycles. The fraction of sp³-hybridized carbons (Fsp3) is 0.318. The van der Waals surface area contributed by atoms with E-state index in [9.17, 15) is 9.59 Å². The van der Waals surface area contributed by atoms with E-state index in [1.165, 1.54) is 0 Å². The predicted molar refractivity (Wildman–Crippen MR) is 113 cm³/mol. The maximum atomic E-state index is 12.2. The first-order chi connectivity index (χ1) is 13.5. The van der Waals surface area contributed by atoms with Crippen LogP contribution in [0.25, 0.3) is 10.9 Å². The summed E-state index contributed by atoms with van der Waals surface area (Å²) in [6, 6.07) is 10.1. The summed E-state index contributed by atoms with van der Waals surface area (Å²) in [6.07, 6.45) is -0.417. The lowest BCUT2D eigenvalue weighted by Gasteiger charge is -2.20. The van der Waals surface area contributed by atoms with Crippen molar-refractivity contribution in [2.75, 3.05) is 0 Å². The van der Waals surface area contributed by atoms with Crippen molar-refractivity contribution in [3.8, 4) is 5.75 Å². The SMILES string of the molecule is Cc1nc2cc(Cl)c([C@H](C)Oc3ccc(C(=O)OC(C)(C)C)cc3)cc2c(=O)[nH]1. The van der Waals surface area contributed by atoms with E-state index in [4.69, 9.17) is 21.1 Å². The van der Waals surface area contributed by atoms with E-state index >= 15 is 0 Å². The second-order valence-corrected chi connectivity index (χ2v) is 8.24. The summed E-state index contributed by atoms with van der Waals surface area (Å²) in [5.74, 6) is 0.703. The predicted octanol–water partition coefficient (Wildman–Crippen LogP) is 4.98. The number of aromatic nitrogens is 2. The number of benzene rings is 2. The zero-order valence-electron chi connectivity index (χ0n) is 17.0. The van der Waals surface area contributed by atoms with Crippen molar-refractivity contribution >= 4 is 28.5 Å². The van der Waals surface area contributed by atoms with Crippen molar-refractivity contribution in [1.82, 2.24) is 9.97 Å². The first kappa shape index (κ1) is 20.9. The summed E-state index contributed by atoms with van der Waals surface area (Å²) in [5.41, 5.74) is 0.871. The maximum absolute atomic E-state index is 12.2. The van der Waals surface area contributed by atoms with E-state index in [0.717, 1.165) is 0 Å². The molecule has 1 N–H and O–H groups in total. The van der Waals surface area contributed by atoms with Crippen molar-refractivity contribution in [2.24, 2.45) is 0 Å². The number of carbonyl (C=O) groups excluding carboxylic acids is 1. The number of nitrogens with zero attached hydrogens (tertiary/aromatic N) is 1. The van der Waals surface area contributed by atoms with Crippen LogP contribution >= 0.6 is 11.6 Å². The quantitative estimate of drug-likeness (QED) is 0.609. The second kappa shape index (κ2) is 7.87. The summed E-state index contributed by atoms with van der Waals surface area (Å²) in [5, 5.41) is 0.915. The standard InChI is InChI=1S/C22H23ClN2O4/c1-12(16-10-17-19(11-18(16)23)24-13(2)25-20(17)26)28-15-8-6-14(7-9-15)21(27)29-22(3,4)5/h6-12H,1-5H3,(H,24,25,26)/t12-/m0/s1. The summed E-state index contributed by atoms with van der Waals surface area (Å²) in [7, 11) is 0. The Balaban J connectivity index is 1.81. The largest absolute Gasteiger partial charge is 0.486 e. The molecule has 0 amide bonds. The number of rotatable bonds is 4. The third kappa shape index (κ3) is 4.95. The van der Waals surface area contributed by atoms with Crippen molar-refractivity contribution < 1.29 is 14.3 Å². The number of aromatic amines is 1. The lowest BCUT2D eigenvalue weighted by Crippen LogP contribution is -2.23. The van der Waals surface area contributed by atoms with E-state index in [0.29, 0.717) is 38.6 Å². The van der Waals surface area contributed by atoms with Crippen LogP contribution in [0.5, 0.6) is 5.75 Å². The van der Waals surface area contributed by atoms with Gasteiger partial charge in [-0.15, -0.1) is 0 Å². The molecular weight excluding hydrogens is 392 g/mol. The summed E-state index contributed by atoms with van der Waals surface area (Å²) in [6.45, 7) is 9.01. The van der Waals surface area contributed by atoms with E-state index in [2.05, 4.69) is 9.97 Å². The average molecular weight is 415 g/mol. The number of nitrogens with one attached hydrogen (secondary N) is 1. The number of aryl methyl sites for hydroxylation is 1. The van der Waals surface area contributed by atoms with Gasteiger partial charge in [-0.2, -0.15) is 0 Å². The Morgan fingerprint density at radius 3 is 2.45 bits per heavy atom. The van der Waals surface area contributed by atoms with Gasteiger partial charge in [-0.1, -0.05) is 11.6 Å². The minimum Gasteiger partial charge on any atom is -0.486 e. The van der Waals surface area contributed by atoms with E-state index in [1.807, 2.05) is 27.7 Å². The third-order valence-corrected chi connectivity index (χ3v) is 4.51. The molecule has 0 fully saturated rings. The van der Waals surface area contributed by atoms with Crippen LogP contribution in [0.1, 0.15) is 55.5 Å². The Bertz CT molecular complexity index is 1110. The smallest absolute Gasteiger partial charge is 0.338 e. The zero-order chi connectivity index (χ0) is 21.3. The van der Waals surface area contributed by atoms with Crippen LogP contribution in [-0.2, 0) is 4.74 Å². The number of H-pyrrole nitrogens is 1. The summed E-state index contributed by atoms with van der Waals surface area (Å²) in [4.78, 5) is 31.3. The number of hydrogen-bond donors (Lipinski definition) is 1. The third-order valence-electron chi connectivity index (χ3n) is 4.18. The highest BCUT2D eigenvalue weighted by molar-refractivity contribution is 6.32. The van der Waals surface area contributed by atoms with Crippen molar-refractivity contribution in [3.05, 3.63) is 68.7 Å². The highest BCUT2D eigenvalue weighted by Crippen LogP contribution is 2.30. The monoisotopic (exact) mass is 414 g/mol. The van der Waals surface area contributed by atoms with Crippen LogP contribution in [0.15, 0.2) is 41.2 Å². The maximum Gasteiger partial charge on any atom is 0.338 e. The molecule has 7 heteroatoms. The number of halogens is 1. The average Bonchev–Trinajstić information content (AvgIpc) is 2.60. The molecule has 0 unspecified atom stereocenters. The molecule has 1 heterocycles. The van der Waals surface area contributed by atoms with Crippen LogP contribution in [0, 0.1) is 6.92 Å². The number of ether oxygens (including phenoxy) is 2. The van der Waals surface area contributed by atoms with E-state index < -0.39 is 17.7 Å². The highest BCUT2D eigenvalue weighted by atomic mass is 35.5. The van der Waals surface area contributed by atoms with Crippen LogP contribution in [0.4, 0.5) is 0 Å². The van der Waals surface area contributed by atoms with Gasteiger partial charge in [0.05, 0.1) is 16.5 Å². The molecule has 152 valence electrons. The normalized spacial score (nSPS) is 12.6. The Morgan fingerprint density at radius 1 is 1.17 bits per heavy atom. The topological polar surface area (TPSA) is 81.3 Å². The first-order valence-electron chi connectivity index (χ1n) is 9.23. The molecule has 0 saturated carbocycles. The zero-order valence-corrected chi connectivity index (χ0v) is 17.8. The van der Waals surface area contributed by atoms with Crippen molar-refractivity contribution in [3.63, 3.8) is 0 Å². The molecule has 1 atom stereocenters. The highest BCUT2D eigenvalue weighted by Gasteiger charge is 2.19. The van der Waals surface area contributed by atoms with E-state index in [-0.39, 0.29) is 5.56 Å². The van der Waals surface area contributed by atoms with Gasteiger partial charge in [0.2, 0.25) is 0 Å².